The summed E-state index contributed by atoms with van der Waals surface area (Å²) in [4.78, 5) is 22.9. The van der Waals surface area contributed by atoms with E-state index < -0.39 is 11.6 Å². The SMILES string of the molecule is C#CCCC(=O)OCc1cc(=O)oc2cc(O)c(Br)cc12. The second-order valence-electron chi connectivity index (χ2n) is 4.26. The molecule has 0 aliphatic heterocycles. The fourth-order valence-electron chi connectivity index (χ4n) is 1.76. The highest BCUT2D eigenvalue weighted by Crippen LogP contribution is 2.30. The molecular weight excluding hydrogens is 340 g/mol. The van der Waals surface area contributed by atoms with Crippen LogP contribution in [0.2, 0.25) is 0 Å². The molecule has 108 valence electrons. The Morgan fingerprint density at radius 2 is 2.19 bits per heavy atom. The Kier molecular flexibility index (Phi) is 4.66. The van der Waals surface area contributed by atoms with Gasteiger partial charge < -0.3 is 14.3 Å². The van der Waals surface area contributed by atoms with Crippen molar-refractivity contribution in [3.63, 3.8) is 0 Å². The molecule has 0 radical (unpaired) electrons. The summed E-state index contributed by atoms with van der Waals surface area (Å²) in [7, 11) is 0. The van der Waals surface area contributed by atoms with E-state index in [2.05, 4.69) is 21.9 Å². The smallest absolute Gasteiger partial charge is 0.336 e. The zero-order chi connectivity index (χ0) is 15.4. The van der Waals surface area contributed by atoms with Crippen LogP contribution in [-0.4, -0.2) is 11.1 Å². The van der Waals surface area contributed by atoms with Crippen molar-refractivity contribution in [2.24, 2.45) is 0 Å². The molecule has 0 spiro atoms. The van der Waals surface area contributed by atoms with E-state index in [1.165, 1.54) is 12.1 Å². The molecule has 0 fully saturated rings. The third-order valence-electron chi connectivity index (χ3n) is 2.76. The quantitative estimate of drug-likeness (QED) is 0.521. The minimum absolute atomic E-state index is 0.0474. The van der Waals surface area contributed by atoms with Gasteiger partial charge in [0.05, 0.1) is 10.9 Å². The number of rotatable bonds is 4. The Labute approximate surface area is 128 Å². The Balaban J connectivity index is 2.31. The highest BCUT2D eigenvalue weighted by molar-refractivity contribution is 9.10. The van der Waals surface area contributed by atoms with Crippen LogP contribution in [0.3, 0.4) is 0 Å². The van der Waals surface area contributed by atoms with Crippen molar-refractivity contribution in [2.75, 3.05) is 0 Å². The molecule has 6 heteroatoms. The molecule has 0 aliphatic carbocycles. The van der Waals surface area contributed by atoms with Gasteiger partial charge in [0.15, 0.2) is 0 Å². The average molecular weight is 351 g/mol. The van der Waals surface area contributed by atoms with Gasteiger partial charge in [-0.05, 0) is 22.0 Å². The fourth-order valence-corrected chi connectivity index (χ4v) is 2.10. The Morgan fingerprint density at radius 3 is 2.90 bits per heavy atom. The number of fused-ring (bicyclic) bond motifs is 1. The summed E-state index contributed by atoms with van der Waals surface area (Å²) < 4.78 is 10.5. The van der Waals surface area contributed by atoms with E-state index in [0.717, 1.165) is 0 Å². The van der Waals surface area contributed by atoms with Crippen LogP contribution in [0.5, 0.6) is 5.75 Å². The van der Waals surface area contributed by atoms with E-state index in [1.807, 2.05) is 0 Å². The van der Waals surface area contributed by atoms with Crippen LogP contribution in [0.25, 0.3) is 11.0 Å². The first-order chi connectivity index (χ1) is 10.0. The van der Waals surface area contributed by atoms with E-state index in [0.29, 0.717) is 21.8 Å². The summed E-state index contributed by atoms with van der Waals surface area (Å²) in [6.07, 6.45) is 5.50. The lowest BCUT2D eigenvalue weighted by atomic mass is 10.1. The number of halogens is 1. The Hall–Kier alpha value is -2.26. The first kappa shape index (κ1) is 15.1. The van der Waals surface area contributed by atoms with Gasteiger partial charge in [-0.3, -0.25) is 4.79 Å². The molecule has 2 rings (SSSR count). The van der Waals surface area contributed by atoms with Crippen LogP contribution >= 0.6 is 15.9 Å². The molecule has 0 saturated carbocycles. The number of phenols is 1. The van der Waals surface area contributed by atoms with Crippen molar-refractivity contribution in [2.45, 2.75) is 19.4 Å². The molecule has 0 amide bonds. The number of hydrogen-bond donors (Lipinski definition) is 1. The zero-order valence-corrected chi connectivity index (χ0v) is 12.5. The van der Waals surface area contributed by atoms with Gasteiger partial charge >= 0.3 is 11.6 Å². The fraction of sp³-hybridized carbons (Fsp3) is 0.200. The molecule has 2 aromatic rings. The second kappa shape index (κ2) is 6.46. The van der Waals surface area contributed by atoms with Crippen molar-refractivity contribution in [1.29, 1.82) is 0 Å². The minimum Gasteiger partial charge on any atom is -0.507 e. The van der Waals surface area contributed by atoms with Crippen LogP contribution < -0.4 is 5.63 Å². The minimum atomic E-state index is -0.584. The van der Waals surface area contributed by atoms with Crippen molar-refractivity contribution >= 4 is 32.9 Å². The van der Waals surface area contributed by atoms with E-state index in [1.54, 1.807) is 6.07 Å². The predicted molar refractivity (Wildman–Crippen MR) is 79.7 cm³/mol. The summed E-state index contributed by atoms with van der Waals surface area (Å²) in [5, 5.41) is 10.2. The summed E-state index contributed by atoms with van der Waals surface area (Å²) in [6.45, 7) is -0.0667. The molecule has 21 heavy (non-hydrogen) atoms. The maximum absolute atomic E-state index is 11.5. The third kappa shape index (κ3) is 3.64. The van der Waals surface area contributed by atoms with Crippen molar-refractivity contribution in [3.8, 4) is 18.1 Å². The number of hydrogen-bond acceptors (Lipinski definition) is 5. The molecule has 0 atom stereocenters. The van der Waals surface area contributed by atoms with Crippen LogP contribution in [0, 0.1) is 12.3 Å². The van der Waals surface area contributed by atoms with Gasteiger partial charge in [0.2, 0.25) is 0 Å². The largest absolute Gasteiger partial charge is 0.507 e. The summed E-state index contributed by atoms with van der Waals surface area (Å²) >= 11 is 3.18. The van der Waals surface area contributed by atoms with Crippen molar-refractivity contribution in [1.82, 2.24) is 0 Å². The van der Waals surface area contributed by atoms with Crippen LogP contribution in [0.4, 0.5) is 0 Å². The van der Waals surface area contributed by atoms with Gasteiger partial charge in [0.25, 0.3) is 0 Å². The number of ether oxygens (including phenoxy) is 1. The molecule has 0 bridgehead atoms. The van der Waals surface area contributed by atoms with Gasteiger partial charge in [-0.25, -0.2) is 4.79 Å². The molecule has 1 aromatic heterocycles. The average Bonchev–Trinajstić information content (AvgIpc) is 2.44. The van der Waals surface area contributed by atoms with Crippen LogP contribution in [0.15, 0.2) is 31.9 Å². The van der Waals surface area contributed by atoms with E-state index in [-0.39, 0.29) is 24.4 Å². The van der Waals surface area contributed by atoms with Crippen LogP contribution in [-0.2, 0) is 16.1 Å². The van der Waals surface area contributed by atoms with E-state index >= 15 is 0 Å². The predicted octanol–water partition coefficient (Wildman–Crippen LogP) is 2.72. The molecule has 0 aliphatic rings. The molecule has 1 aromatic carbocycles. The van der Waals surface area contributed by atoms with Crippen molar-refractivity contribution in [3.05, 3.63) is 38.7 Å². The first-order valence-electron chi connectivity index (χ1n) is 6.05. The molecule has 1 N–H and O–H groups in total. The summed E-state index contributed by atoms with van der Waals surface area (Å²) in [6, 6.07) is 4.17. The van der Waals surface area contributed by atoms with Gasteiger partial charge in [-0.2, -0.15) is 0 Å². The second-order valence-corrected chi connectivity index (χ2v) is 5.11. The number of terminal acetylenes is 1. The Bertz CT molecular complexity index is 785. The normalized spacial score (nSPS) is 10.3. The summed E-state index contributed by atoms with van der Waals surface area (Å²) in [5.74, 6) is 1.86. The maximum Gasteiger partial charge on any atom is 0.336 e. The van der Waals surface area contributed by atoms with Crippen LogP contribution in [0.1, 0.15) is 18.4 Å². The standard InChI is InChI=1S/C15H11BrO5/c1-2-3-4-14(18)20-8-9-5-15(19)21-13-7-12(17)11(16)6-10(9)13/h1,5-7,17H,3-4,8H2. The monoisotopic (exact) mass is 350 g/mol. The summed E-state index contributed by atoms with van der Waals surface area (Å²) in [5.41, 5.74) is 0.132. The molecular formula is C15H11BrO5. The van der Waals surface area contributed by atoms with Crippen molar-refractivity contribution < 1.29 is 19.1 Å². The number of benzene rings is 1. The number of esters is 1. The molecule has 0 saturated heterocycles. The topological polar surface area (TPSA) is 76.7 Å². The number of aromatic hydroxyl groups is 1. The van der Waals surface area contributed by atoms with Gasteiger partial charge in [-0.1, -0.05) is 0 Å². The molecule has 1 heterocycles. The maximum atomic E-state index is 11.5. The van der Waals surface area contributed by atoms with Gasteiger partial charge in [-0.15, -0.1) is 12.3 Å². The third-order valence-corrected chi connectivity index (χ3v) is 3.39. The highest BCUT2D eigenvalue weighted by Gasteiger charge is 2.11. The lowest BCUT2D eigenvalue weighted by Crippen LogP contribution is -2.07. The molecule has 5 nitrogen and oxygen atoms in total. The lowest BCUT2D eigenvalue weighted by Gasteiger charge is -2.08. The first-order valence-corrected chi connectivity index (χ1v) is 6.85. The number of carbonyl (C=O) groups is 1. The van der Waals surface area contributed by atoms with Gasteiger partial charge in [0, 0.05) is 29.5 Å². The van der Waals surface area contributed by atoms with Gasteiger partial charge in [0.1, 0.15) is 17.9 Å². The molecule has 0 unspecified atom stereocenters. The number of carbonyl (C=O) groups excluding carboxylic acids is 1. The lowest BCUT2D eigenvalue weighted by molar-refractivity contribution is -0.144. The Morgan fingerprint density at radius 1 is 1.43 bits per heavy atom. The van der Waals surface area contributed by atoms with E-state index in [4.69, 9.17) is 15.6 Å². The van der Waals surface area contributed by atoms with E-state index in [9.17, 15) is 14.7 Å². The highest BCUT2D eigenvalue weighted by atomic mass is 79.9. The number of phenolic OH excluding ortho intramolecular Hbond substituents is 1. The zero-order valence-electron chi connectivity index (χ0n) is 10.9.